The van der Waals surface area contributed by atoms with Crippen LogP contribution in [0.5, 0.6) is 0 Å². The Balaban J connectivity index is 0.00000226. The lowest BCUT2D eigenvalue weighted by molar-refractivity contribution is -0.143. The van der Waals surface area contributed by atoms with E-state index in [1.54, 1.807) is 6.20 Å². The van der Waals surface area contributed by atoms with E-state index in [9.17, 15) is 24.0 Å². The van der Waals surface area contributed by atoms with Crippen molar-refractivity contribution in [3.63, 3.8) is 0 Å². The first-order valence-electron chi connectivity index (χ1n) is 16.7. The molecule has 1 aromatic heterocycles. The molecule has 5 amide bonds. The number of hydrogen-bond acceptors (Lipinski definition) is 6. The minimum atomic E-state index is -1.10. The largest absolute Gasteiger partial charge is 0.363 e. The molecule has 11 heteroatoms. The number of urea groups is 1. The number of likely N-dealkylation sites (tertiary alicyclic amines) is 1. The second kappa shape index (κ2) is 17.8. The standard InChI is InChI=1S/C31H48N6O5.C3H8/c1-5-6-14-22(24(38)26(32)39)34-27(40)23-15-12-19-37(23)28(41)25(30(2,3)4)35-29(42)36-31(16-9-7-10-17-31)20-21-13-8-11-18-33-21;1-3-2/h8,11,13,18,22-23,25H,5-7,9-10,12,14-17,19-20H2,1-4H3,(H2,32,39)(H,34,40)(H2,35,36,42);3H2,1-2H3/t22?,23-,25?;/m0./s1. The number of unbranched alkanes of at least 4 members (excludes halogenated alkanes) is 1. The minimum absolute atomic E-state index is 0.289. The average molecular weight is 629 g/mol. The first-order valence-corrected chi connectivity index (χ1v) is 16.7. The Hall–Kier alpha value is -3.50. The van der Waals surface area contributed by atoms with Crippen LogP contribution in [0.2, 0.25) is 0 Å². The van der Waals surface area contributed by atoms with Gasteiger partial charge in [0, 0.05) is 30.4 Å². The fraction of sp³-hybridized carbons (Fsp3) is 0.706. The zero-order valence-electron chi connectivity index (χ0n) is 28.2. The van der Waals surface area contributed by atoms with Crippen LogP contribution >= 0.6 is 0 Å². The van der Waals surface area contributed by atoms with Gasteiger partial charge in [0.25, 0.3) is 5.91 Å². The van der Waals surface area contributed by atoms with E-state index in [-0.39, 0.29) is 12.3 Å². The summed E-state index contributed by atoms with van der Waals surface area (Å²) in [5.41, 5.74) is 5.01. The number of rotatable bonds is 12. The van der Waals surface area contributed by atoms with E-state index in [4.69, 9.17) is 5.73 Å². The third-order valence-corrected chi connectivity index (χ3v) is 8.38. The highest BCUT2D eigenvalue weighted by molar-refractivity contribution is 6.37. The first-order chi connectivity index (χ1) is 21.3. The molecule has 3 rings (SSSR count). The van der Waals surface area contributed by atoms with Crippen LogP contribution in [0, 0.1) is 5.41 Å². The van der Waals surface area contributed by atoms with Crippen LogP contribution in [0.3, 0.4) is 0 Å². The molecule has 2 heterocycles. The van der Waals surface area contributed by atoms with Crippen LogP contribution in [-0.4, -0.2) is 69.6 Å². The Labute approximate surface area is 269 Å². The zero-order valence-corrected chi connectivity index (χ0v) is 28.2. The Morgan fingerprint density at radius 2 is 1.69 bits per heavy atom. The zero-order chi connectivity index (χ0) is 33.6. The molecule has 1 saturated carbocycles. The average Bonchev–Trinajstić information content (AvgIpc) is 3.48. The number of carbonyl (C=O) groups excluding carboxylic acids is 5. The molecule has 1 aliphatic carbocycles. The summed E-state index contributed by atoms with van der Waals surface area (Å²) in [7, 11) is 0. The lowest BCUT2D eigenvalue weighted by Gasteiger charge is -2.40. The van der Waals surface area contributed by atoms with Crippen molar-refractivity contribution in [1.29, 1.82) is 0 Å². The summed E-state index contributed by atoms with van der Waals surface area (Å²) in [4.78, 5) is 70.7. The normalized spacial score (nSPS) is 18.9. The number of primary amides is 1. The molecule has 45 heavy (non-hydrogen) atoms. The summed E-state index contributed by atoms with van der Waals surface area (Å²) in [6.07, 6.45) is 11.1. The smallest absolute Gasteiger partial charge is 0.315 e. The molecular weight excluding hydrogens is 572 g/mol. The van der Waals surface area contributed by atoms with Gasteiger partial charge in [0.2, 0.25) is 17.6 Å². The van der Waals surface area contributed by atoms with Gasteiger partial charge in [0.15, 0.2) is 0 Å². The van der Waals surface area contributed by atoms with Crippen LogP contribution in [0.25, 0.3) is 0 Å². The van der Waals surface area contributed by atoms with E-state index < -0.39 is 52.7 Å². The second-order valence-corrected chi connectivity index (χ2v) is 13.6. The van der Waals surface area contributed by atoms with Gasteiger partial charge in [-0.25, -0.2) is 4.79 Å². The van der Waals surface area contributed by atoms with Crippen LogP contribution in [-0.2, 0) is 25.6 Å². The summed E-state index contributed by atoms with van der Waals surface area (Å²) in [6, 6.07) is 2.60. The lowest BCUT2D eigenvalue weighted by atomic mass is 9.78. The van der Waals surface area contributed by atoms with Gasteiger partial charge in [-0.1, -0.05) is 86.1 Å². The summed E-state index contributed by atoms with van der Waals surface area (Å²) >= 11 is 0. The van der Waals surface area contributed by atoms with Gasteiger partial charge in [0.05, 0.1) is 6.04 Å². The predicted octanol–water partition coefficient (Wildman–Crippen LogP) is 4.18. The molecule has 2 aliphatic rings. The molecule has 1 aliphatic heterocycles. The maximum Gasteiger partial charge on any atom is 0.315 e. The van der Waals surface area contributed by atoms with E-state index in [1.165, 1.54) is 11.3 Å². The van der Waals surface area contributed by atoms with Crippen molar-refractivity contribution in [3.8, 4) is 0 Å². The van der Waals surface area contributed by atoms with Gasteiger partial charge in [0.1, 0.15) is 12.1 Å². The fourth-order valence-electron chi connectivity index (χ4n) is 6.07. The molecular formula is C34H56N6O5. The number of nitrogens with one attached hydrogen (secondary N) is 3. The molecule has 0 spiro atoms. The third-order valence-electron chi connectivity index (χ3n) is 8.38. The third kappa shape index (κ3) is 11.4. The first kappa shape index (κ1) is 37.7. The van der Waals surface area contributed by atoms with Gasteiger partial charge in [-0.15, -0.1) is 0 Å². The fourth-order valence-corrected chi connectivity index (χ4v) is 6.07. The van der Waals surface area contributed by atoms with Gasteiger partial charge in [-0.3, -0.25) is 24.2 Å². The van der Waals surface area contributed by atoms with Gasteiger partial charge in [-0.05, 0) is 49.7 Å². The van der Waals surface area contributed by atoms with Crippen LogP contribution < -0.4 is 21.7 Å². The van der Waals surface area contributed by atoms with Crippen LogP contribution in [0.15, 0.2) is 24.4 Å². The molecule has 3 atom stereocenters. The maximum atomic E-state index is 14.0. The van der Waals surface area contributed by atoms with Gasteiger partial charge in [-0.2, -0.15) is 0 Å². The number of nitrogens with zero attached hydrogens (tertiary/aromatic N) is 2. The molecule has 5 N–H and O–H groups in total. The number of aromatic nitrogens is 1. The predicted molar refractivity (Wildman–Crippen MR) is 175 cm³/mol. The molecule has 11 nitrogen and oxygen atoms in total. The van der Waals surface area contributed by atoms with Crippen molar-refractivity contribution in [3.05, 3.63) is 30.1 Å². The summed E-state index contributed by atoms with van der Waals surface area (Å²) in [5, 5.41) is 8.83. The number of hydrogen-bond donors (Lipinski definition) is 4. The topological polar surface area (TPSA) is 164 Å². The molecule has 1 aromatic rings. The molecule has 0 bridgehead atoms. The SMILES string of the molecule is CCC.CCCCC(NC(=O)[C@@H]1CCCN1C(=O)C(NC(=O)NC1(Cc2ccccn2)CCCCC1)C(C)(C)C)C(=O)C(N)=O. The number of nitrogens with two attached hydrogens (primary N) is 1. The van der Waals surface area contributed by atoms with Crippen molar-refractivity contribution in [1.82, 2.24) is 25.8 Å². The molecule has 0 radical (unpaired) electrons. The summed E-state index contributed by atoms with van der Waals surface area (Å²) in [6.45, 7) is 12.2. The maximum absolute atomic E-state index is 14.0. The summed E-state index contributed by atoms with van der Waals surface area (Å²) in [5.74, 6) is -2.80. The van der Waals surface area contributed by atoms with Crippen molar-refractivity contribution in [2.24, 2.45) is 11.1 Å². The van der Waals surface area contributed by atoms with E-state index >= 15 is 0 Å². The molecule has 2 fully saturated rings. The Morgan fingerprint density at radius 1 is 1.02 bits per heavy atom. The van der Waals surface area contributed by atoms with Crippen molar-refractivity contribution >= 4 is 29.5 Å². The van der Waals surface area contributed by atoms with Crippen molar-refractivity contribution in [2.75, 3.05) is 6.54 Å². The van der Waals surface area contributed by atoms with E-state index in [0.717, 1.165) is 44.2 Å². The molecule has 0 aromatic carbocycles. The Kier molecular flexibility index (Phi) is 14.9. The monoisotopic (exact) mass is 628 g/mol. The number of Topliss-reactive ketones (excluding diaryl/α,β-unsaturated/α-hetero) is 1. The van der Waals surface area contributed by atoms with Crippen molar-refractivity contribution in [2.45, 2.75) is 142 Å². The minimum Gasteiger partial charge on any atom is -0.363 e. The highest BCUT2D eigenvalue weighted by Crippen LogP contribution is 2.32. The highest BCUT2D eigenvalue weighted by atomic mass is 16.2. The Morgan fingerprint density at radius 3 is 2.24 bits per heavy atom. The van der Waals surface area contributed by atoms with E-state index in [2.05, 4.69) is 34.8 Å². The van der Waals surface area contributed by atoms with Crippen LogP contribution in [0.4, 0.5) is 4.79 Å². The molecule has 2 unspecified atom stereocenters. The quantitative estimate of drug-likeness (QED) is 0.254. The number of pyridine rings is 1. The molecule has 252 valence electrons. The molecule has 1 saturated heterocycles. The highest BCUT2D eigenvalue weighted by Gasteiger charge is 2.43. The second-order valence-electron chi connectivity index (χ2n) is 13.6. The number of carbonyl (C=O) groups is 5. The van der Waals surface area contributed by atoms with Gasteiger partial charge >= 0.3 is 6.03 Å². The summed E-state index contributed by atoms with van der Waals surface area (Å²) < 4.78 is 0. The van der Waals surface area contributed by atoms with Crippen molar-refractivity contribution < 1.29 is 24.0 Å². The van der Waals surface area contributed by atoms with Gasteiger partial charge < -0.3 is 26.6 Å². The van der Waals surface area contributed by atoms with E-state index in [0.29, 0.717) is 32.2 Å². The number of amides is 5. The Bertz CT molecular complexity index is 1130. The number of ketones is 1. The van der Waals surface area contributed by atoms with Crippen LogP contribution in [0.1, 0.15) is 118 Å². The lowest BCUT2D eigenvalue weighted by Crippen LogP contribution is -2.62. The van der Waals surface area contributed by atoms with E-state index in [1.807, 2.05) is 45.9 Å².